The number of hydrogen-bond acceptors (Lipinski definition) is 3. The molecule has 5 heteroatoms. The van der Waals surface area contributed by atoms with E-state index in [2.05, 4.69) is 31.9 Å². The number of carbonyl (C=O) groups is 2. The van der Waals surface area contributed by atoms with Crippen molar-refractivity contribution in [1.82, 2.24) is 0 Å². The molecule has 0 spiro atoms. The molecule has 0 saturated heterocycles. The van der Waals surface area contributed by atoms with Gasteiger partial charge in [0.05, 0.1) is 17.3 Å². The van der Waals surface area contributed by atoms with Crippen LogP contribution in [0.4, 0.5) is 0 Å². The first-order chi connectivity index (χ1) is 7.57. The van der Waals surface area contributed by atoms with Crippen molar-refractivity contribution < 1.29 is 14.3 Å². The Bertz CT molecular complexity index is 458. The highest BCUT2D eigenvalue weighted by atomic mass is 79.9. The minimum Gasteiger partial charge on any atom is -0.467 e. The zero-order valence-corrected chi connectivity index (χ0v) is 11.4. The van der Waals surface area contributed by atoms with Crippen LogP contribution in [-0.4, -0.2) is 21.4 Å². The molecule has 1 aromatic rings. The van der Waals surface area contributed by atoms with E-state index in [1.807, 2.05) is 0 Å². The first-order valence-electron chi connectivity index (χ1n) is 4.66. The van der Waals surface area contributed by atoms with E-state index in [0.717, 1.165) is 0 Å². The summed E-state index contributed by atoms with van der Waals surface area (Å²) in [6.07, 6.45) is 0.0223. The standard InChI is InChI=1S/C11H8Br2O3/c12-6-10(15)11(13)5-8(14)7-3-1-2-4-9(7)16-11/h1-4H,5-6H2. The molecule has 0 amide bonds. The Balaban J connectivity index is 2.41. The van der Waals surface area contributed by atoms with Gasteiger partial charge in [-0.05, 0) is 28.1 Å². The first-order valence-corrected chi connectivity index (χ1v) is 6.58. The second kappa shape index (κ2) is 4.30. The molecule has 0 aliphatic carbocycles. The summed E-state index contributed by atoms with van der Waals surface area (Å²) in [6.45, 7) is 0. The quantitative estimate of drug-likeness (QED) is 0.772. The van der Waals surface area contributed by atoms with Gasteiger partial charge in [0, 0.05) is 0 Å². The Kier molecular flexibility index (Phi) is 3.17. The minimum absolute atomic E-state index is 0.0223. The number of fused-ring (bicyclic) bond motifs is 1. The fourth-order valence-corrected chi connectivity index (χ4v) is 2.95. The molecule has 0 N–H and O–H groups in total. The molecule has 2 rings (SSSR count). The van der Waals surface area contributed by atoms with E-state index in [9.17, 15) is 9.59 Å². The lowest BCUT2D eigenvalue weighted by molar-refractivity contribution is -0.124. The minimum atomic E-state index is -1.22. The molecule has 84 valence electrons. The lowest BCUT2D eigenvalue weighted by Gasteiger charge is -2.31. The van der Waals surface area contributed by atoms with Crippen molar-refractivity contribution >= 4 is 43.4 Å². The van der Waals surface area contributed by atoms with Crippen LogP contribution in [0.15, 0.2) is 24.3 Å². The Morgan fingerprint density at radius 2 is 2.12 bits per heavy atom. The molecule has 1 heterocycles. The van der Waals surface area contributed by atoms with Crippen LogP contribution in [0.5, 0.6) is 5.75 Å². The maximum Gasteiger partial charge on any atom is 0.229 e. The van der Waals surface area contributed by atoms with E-state index in [0.29, 0.717) is 11.3 Å². The van der Waals surface area contributed by atoms with Crippen molar-refractivity contribution in [3.05, 3.63) is 29.8 Å². The Hall–Kier alpha value is -0.680. The summed E-state index contributed by atoms with van der Waals surface area (Å²) in [5.74, 6) is 0.160. The van der Waals surface area contributed by atoms with Gasteiger partial charge in [0.2, 0.25) is 4.51 Å². The van der Waals surface area contributed by atoms with Crippen molar-refractivity contribution in [2.75, 3.05) is 5.33 Å². The van der Waals surface area contributed by atoms with Gasteiger partial charge in [0.25, 0.3) is 0 Å². The molecular formula is C11H8Br2O3. The number of alkyl halides is 2. The van der Waals surface area contributed by atoms with Crippen molar-refractivity contribution in [2.45, 2.75) is 10.9 Å². The van der Waals surface area contributed by atoms with Gasteiger partial charge >= 0.3 is 0 Å². The van der Waals surface area contributed by atoms with Crippen LogP contribution in [0.1, 0.15) is 16.8 Å². The van der Waals surface area contributed by atoms with Crippen LogP contribution < -0.4 is 4.74 Å². The van der Waals surface area contributed by atoms with Crippen LogP contribution in [0.2, 0.25) is 0 Å². The first kappa shape index (κ1) is 11.8. The van der Waals surface area contributed by atoms with E-state index >= 15 is 0 Å². The average molecular weight is 348 g/mol. The third-order valence-electron chi connectivity index (χ3n) is 2.38. The number of rotatable bonds is 2. The van der Waals surface area contributed by atoms with Crippen molar-refractivity contribution in [1.29, 1.82) is 0 Å². The van der Waals surface area contributed by atoms with Gasteiger partial charge in [-0.2, -0.15) is 0 Å². The van der Waals surface area contributed by atoms with Crippen molar-refractivity contribution in [3.63, 3.8) is 0 Å². The molecule has 1 aliphatic heterocycles. The lowest BCUT2D eigenvalue weighted by atomic mass is 9.99. The van der Waals surface area contributed by atoms with Crippen LogP contribution in [0.3, 0.4) is 0 Å². The Labute approximate surface area is 109 Å². The number of benzene rings is 1. The maximum absolute atomic E-state index is 11.8. The number of para-hydroxylation sites is 1. The Morgan fingerprint density at radius 3 is 2.81 bits per heavy atom. The predicted octanol–water partition coefficient (Wildman–Crippen LogP) is 2.71. The van der Waals surface area contributed by atoms with Gasteiger partial charge in [-0.1, -0.05) is 28.1 Å². The van der Waals surface area contributed by atoms with E-state index in [4.69, 9.17) is 4.74 Å². The van der Waals surface area contributed by atoms with Crippen LogP contribution >= 0.6 is 31.9 Å². The molecule has 1 aliphatic rings. The van der Waals surface area contributed by atoms with Crippen LogP contribution in [0.25, 0.3) is 0 Å². The van der Waals surface area contributed by atoms with E-state index < -0.39 is 4.51 Å². The van der Waals surface area contributed by atoms with Gasteiger partial charge in [-0.15, -0.1) is 0 Å². The summed E-state index contributed by atoms with van der Waals surface area (Å²) in [5.41, 5.74) is 0.528. The fourth-order valence-electron chi connectivity index (χ4n) is 1.55. The highest BCUT2D eigenvalue weighted by Gasteiger charge is 2.43. The average Bonchev–Trinajstić information content (AvgIpc) is 2.27. The molecule has 3 nitrogen and oxygen atoms in total. The number of hydrogen-bond donors (Lipinski definition) is 0. The van der Waals surface area contributed by atoms with Crippen molar-refractivity contribution in [2.24, 2.45) is 0 Å². The highest BCUT2D eigenvalue weighted by molar-refractivity contribution is 9.10. The molecule has 1 unspecified atom stereocenters. The third-order valence-corrected chi connectivity index (χ3v) is 3.78. The van der Waals surface area contributed by atoms with E-state index in [1.54, 1.807) is 24.3 Å². The lowest BCUT2D eigenvalue weighted by Crippen LogP contribution is -2.44. The number of halogens is 2. The molecular weight excluding hydrogens is 340 g/mol. The Morgan fingerprint density at radius 1 is 1.44 bits per heavy atom. The number of ether oxygens (including phenoxy) is 1. The van der Waals surface area contributed by atoms with Crippen LogP contribution in [-0.2, 0) is 4.79 Å². The zero-order valence-electron chi connectivity index (χ0n) is 8.20. The summed E-state index contributed by atoms with van der Waals surface area (Å²) < 4.78 is 4.34. The second-order valence-corrected chi connectivity index (χ2v) is 5.33. The predicted molar refractivity (Wildman–Crippen MR) is 66.5 cm³/mol. The summed E-state index contributed by atoms with van der Waals surface area (Å²) in [6, 6.07) is 6.92. The molecule has 0 saturated carbocycles. The smallest absolute Gasteiger partial charge is 0.229 e. The van der Waals surface area contributed by atoms with Crippen molar-refractivity contribution in [3.8, 4) is 5.75 Å². The van der Waals surface area contributed by atoms with Gasteiger partial charge in [-0.3, -0.25) is 9.59 Å². The topological polar surface area (TPSA) is 43.4 Å². The largest absolute Gasteiger partial charge is 0.467 e. The number of Topliss-reactive ketones (excluding diaryl/α,β-unsaturated/α-hetero) is 2. The monoisotopic (exact) mass is 346 g/mol. The molecule has 16 heavy (non-hydrogen) atoms. The number of carbonyl (C=O) groups excluding carboxylic acids is 2. The summed E-state index contributed by atoms with van der Waals surface area (Å²) in [5, 5.41) is 0.147. The zero-order chi connectivity index (χ0) is 11.8. The second-order valence-electron chi connectivity index (χ2n) is 3.48. The summed E-state index contributed by atoms with van der Waals surface area (Å²) in [7, 11) is 0. The SMILES string of the molecule is O=C1CC(Br)(C(=O)CBr)Oc2ccccc21. The molecule has 1 aromatic carbocycles. The molecule has 0 radical (unpaired) electrons. The van der Waals surface area contributed by atoms with E-state index in [1.165, 1.54) is 0 Å². The third kappa shape index (κ3) is 1.94. The van der Waals surface area contributed by atoms with Crippen LogP contribution in [0, 0.1) is 0 Å². The molecule has 0 aromatic heterocycles. The van der Waals surface area contributed by atoms with Gasteiger partial charge in [0.15, 0.2) is 11.6 Å². The summed E-state index contributed by atoms with van der Waals surface area (Å²) >= 11 is 6.28. The maximum atomic E-state index is 11.8. The molecule has 1 atom stereocenters. The van der Waals surface area contributed by atoms with Gasteiger partial charge in [-0.25, -0.2) is 0 Å². The number of ketones is 2. The van der Waals surface area contributed by atoms with Gasteiger partial charge in [0.1, 0.15) is 5.75 Å². The van der Waals surface area contributed by atoms with E-state index in [-0.39, 0.29) is 23.3 Å². The molecule has 0 fully saturated rings. The fraction of sp³-hybridized carbons (Fsp3) is 0.273. The van der Waals surface area contributed by atoms with Gasteiger partial charge < -0.3 is 4.74 Å². The highest BCUT2D eigenvalue weighted by Crippen LogP contribution is 2.37. The normalized spacial score (nSPS) is 23.5. The molecule has 0 bridgehead atoms. The summed E-state index contributed by atoms with van der Waals surface area (Å²) in [4.78, 5) is 23.5.